The summed E-state index contributed by atoms with van der Waals surface area (Å²) in [5.74, 6) is -0.420. The van der Waals surface area contributed by atoms with Gasteiger partial charge in [0.25, 0.3) is 0 Å². The van der Waals surface area contributed by atoms with Crippen LogP contribution in [0.4, 0.5) is 4.79 Å². The van der Waals surface area contributed by atoms with Crippen molar-refractivity contribution in [2.75, 3.05) is 32.0 Å². The van der Waals surface area contributed by atoms with Crippen LogP contribution in [-0.2, 0) is 19.4 Å². The molecule has 2 saturated heterocycles. The van der Waals surface area contributed by atoms with Crippen molar-refractivity contribution >= 4 is 21.8 Å². The lowest BCUT2D eigenvalue weighted by molar-refractivity contribution is -0.134. The molecule has 0 aromatic heterocycles. The van der Waals surface area contributed by atoms with Crippen molar-refractivity contribution < 1.29 is 22.7 Å². The predicted molar refractivity (Wildman–Crippen MR) is 90.8 cm³/mol. The summed E-state index contributed by atoms with van der Waals surface area (Å²) >= 11 is 0. The van der Waals surface area contributed by atoms with Gasteiger partial charge in [0.05, 0.1) is 16.2 Å². The van der Waals surface area contributed by atoms with Gasteiger partial charge in [-0.25, -0.2) is 13.2 Å². The molecule has 8 heteroatoms. The van der Waals surface area contributed by atoms with Gasteiger partial charge in [0.15, 0.2) is 9.84 Å². The fourth-order valence-electron chi connectivity index (χ4n) is 3.40. The average molecular weight is 366 g/mol. The molecule has 0 saturated carbocycles. The maximum Gasteiger partial charge on any atom is 0.410 e. The molecule has 25 heavy (non-hydrogen) atoms. The molecule has 0 spiro atoms. The van der Waals surface area contributed by atoms with Crippen molar-refractivity contribution in [1.82, 2.24) is 9.80 Å². The van der Waals surface area contributed by atoms with E-state index in [1.807, 2.05) is 6.92 Å². The number of amides is 2. The average Bonchev–Trinajstić information content (AvgIpc) is 2.97. The summed E-state index contributed by atoms with van der Waals surface area (Å²) in [6.07, 6.45) is 0.289. The number of hydrogen-bond acceptors (Lipinski definition) is 5. The van der Waals surface area contributed by atoms with Crippen LogP contribution in [0.2, 0.25) is 0 Å². The molecule has 0 N–H and O–H groups in total. The van der Waals surface area contributed by atoms with Crippen LogP contribution in [0.25, 0.3) is 0 Å². The number of fused-ring (bicyclic) bond motifs is 1. The highest BCUT2D eigenvalue weighted by atomic mass is 32.2. The summed E-state index contributed by atoms with van der Waals surface area (Å²) < 4.78 is 29.8. The van der Waals surface area contributed by atoms with Crippen LogP contribution in [0.3, 0.4) is 0 Å². The quantitative estimate of drug-likeness (QED) is 0.784. The van der Waals surface area contributed by atoms with Crippen LogP contribution in [0.5, 0.6) is 0 Å². The smallest absolute Gasteiger partial charge is 0.410 e. The Labute approximate surface area is 147 Å². The van der Waals surface area contributed by atoms with E-state index in [-0.39, 0.29) is 35.7 Å². The number of piperazine rings is 1. The van der Waals surface area contributed by atoms with E-state index in [1.165, 1.54) is 12.1 Å². The second kappa shape index (κ2) is 6.67. The molecule has 1 aromatic rings. The molecule has 136 valence electrons. The lowest BCUT2D eigenvalue weighted by atomic mass is 9.93. The van der Waals surface area contributed by atoms with Gasteiger partial charge in [-0.05, 0) is 18.6 Å². The largest absolute Gasteiger partial charge is 0.447 e. The summed E-state index contributed by atoms with van der Waals surface area (Å²) in [6.45, 7) is 3.45. The van der Waals surface area contributed by atoms with Crippen LogP contribution in [0.1, 0.15) is 19.8 Å². The minimum atomic E-state index is -3.48. The van der Waals surface area contributed by atoms with Crippen molar-refractivity contribution in [3.05, 3.63) is 30.3 Å². The van der Waals surface area contributed by atoms with E-state index in [1.54, 1.807) is 28.0 Å². The Balaban J connectivity index is 1.64. The number of hydrogen-bond donors (Lipinski definition) is 0. The Morgan fingerprint density at radius 1 is 1.24 bits per heavy atom. The molecule has 1 unspecified atom stereocenters. The molecule has 2 amide bonds. The summed E-state index contributed by atoms with van der Waals surface area (Å²) in [5.41, 5.74) is -0.483. The van der Waals surface area contributed by atoms with E-state index in [0.29, 0.717) is 26.1 Å². The molecule has 0 radical (unpaired) electrons. The van der Waals surface area contributed by atoms with E-state index < -0.39 is 15.4 Å². The van der Waals surface area contributed by atoms with Crippen LogP contribution in [0.15, 0.2) is 35.2 Å². The zero-order valence-corrected chi connectivity index (χ0v) is 15.0. The van der Waals surface area contributed by atoms with Crippen LogP contribution in [0, 0.1) is 0 Å². The molecule has 2 aliphatic heterocycles. The Bertz CT molecular complexity index is 765. The molecule has 1 atom stereocenters. The van der Waals surface area contributed by atoms with E-state index in [0.717, 1.165) is 0 Å². The van der Waals surface area contributed by atoms with Gasteiger partial charge < -0.3 is 9.64 Å². The minimum absolute atomic E-state index is 0.0637. The monoisotopic (exact) mass is 366 g/mol. The first kappa shape index (κ1) is 17.7. The van der Waals surface area contributed by atoms with Crippen LogP contribution in [-0.4, -0.2) is 67.8 Å². The van der Waals surface area contributed by atoms with Gasteiger partial charge in [-0.1, -0.05) is 25.1 Å². The third-order valence-corrected chi connectivity index (χ3v) is 6.77. The van der Waals surface area contributed by atoms with Crippen LogP contribution < -0.4 is 0 Å². The fraction of sp³-hybridized carbons (Fsp3) is 0.529. The highest BCUT2D eigenvalue weighted by Crippen LogP contribution is 2.31. The van der Waals surface area contributed by atoms with Crippen LogP contribution >= 0.6 is 0 Å². The van der Waals surface area contributed by atoms with Gasteiger partial charge in [-0.15, -0.1) is 0 Å². The van der Waals surface area contributed by atoms with Crippen molar-refractivity contribution in [3.8, 4) is 0 Å². The van der Waals surface area contributed by atoms with E-state index >= 15 is 0 Å². The number of benzene rings is 1. The summed E-state index contributed by atoms with van der Waals surface area (Å²) in [5, 5.41) is 0. The van der Waals surface area contributed by atoms with Crippen molar-refractivity contribution in [1.29, 1.82) is 0 Å². The molecule has 3 rings (SSSR count). The highest BCUT2D eigenvalue weighted by molar-refractivity contribution is 7.91. The standard InChI is InChI=1S/C17H22N2O5S/c1-2-17-12-18(9-10-19(17)16(21)24-13-17)15(20)8-11-25(22,23)14-6-4-3-5-7-14/h3-7H,2,8-13H2,1H3. The first-order valence-electron chi connectivity index (χ1n) is 8.38. The molecule has 1 aromatic carbocycles. The number of sulfone groups is 1. The van der Waals surface area contributed by atoms with Crippen molar-refractivity contribution in [2.45, 2.75) is 30.2 Å². The first-order valence-corrected chi connectivity index (χ1v) is 10.0. The molecule has 2 fully saturated rings. The van der Waals surface area contributed by atoms with Gasteiger partial charge >= 0.3 is 6.09 Å². The number of rotatable bonds is 5. The topological polar surface area (TPSA) is 84.0 Å². The molecule has 2 aliphatic rings. The Hall–Kier alpha value is -2.09. The molecule has 0 bridgehead atoms. The molecule has 2 heterocycles. The number of ether oxygens (including phenoxy) is 1. The maximum absolute atomic E-state index is 12.5. The van der Waals surface area contributed by atoms with E-state index in [9.17, 15) is 18.0 Å². The van der Waals surface area contributed by atoms with Crippen molar-refractivity contribution in [3.63, 3.8) is 0 Å². The Morgan fingerprint density at radius 2 is 1.96 bits per heavy atom. The highest BCUT2D eigenvalue weighted by Gasteiger charge is 2.50. The third kappa shape index (κ3) is 3.35. The molecule has 7 nitrogen and oxygen atoms in total. The molecular weight excluding hydrogens is 344 g/mol. The van der Waals surface area contributed by atoms with Crippen molar-refractivity contribution in [2.24, 2.45) is 0 Å². The SMILES string of the molecule is CCC12COC(=O)N1CCN(C(=O)CCS(=O)(=O)c1ccccc1)C2. The predicted octanol–water partition coefficient (Wildman–Crippen LogP) is 1.29. The van der Waals surface area contributed by atoms with Gasteiger partial charge in [0.1, 0.15) is 6.61 Å². The Kier molecular flexibility index (Phi) is 4.73. The van der Waals surface area contributed by atoms with E-state index in [2.05, 4.69) is 0 Å². The zero-order chi connectivity index (χ0) is 18.1. The second-order valence-electron chi connectivity index (χ2n) is 6.48. The van der Waals surface area contributed by atoms with Gasteiger partial charge in [-0.3, -0.25) is 9.69 Å². The number of nitrogens with zero attached hydrogens (tertiary/aromatic N) is 2. The van der Waals surface area contributed by atoms with Gasteiger partial charge in [0.2, 0.25) is 5.91 Å². The fourth-order valence-corrected chi connectivity index (χ4v) is 4.65. The summed E-state index contributed by atoms with van der Waals surface area (Å²) in [4.78, 5) is 27.9. The second-order valence-corrected chi connectivity index (χ2v) is 8.59. The third-order valence-electron chi connectivity index (χ3n) is 5.03. The normalized spacial score (nSPS) is 23.3. The van der Waals surface area contributed by atoms with Gasteiger partial charge in [0, 0.05) is 26.1 Å². The summed E-state index contributed by atoms with van der Waals surface area (Å²) in [6, 6.07) is 8.14. The Morgan fingerprint density at radius 3 is 2.64 bits per heavy atom. The van der Waals surface area contributed by atoms with E-state index in [4.69, 9.17) is 4.74 Å². The van der Waals surface area contributed by atoms with Gasteiger partial charge in [-0.2, -0.15) is 0 Å². The first-order chi connectivity index (χ1) is 11.9. The summed E-state index contributed by atoms with van der Waals surface area (Å²) in [7, 11) is -3.48. The maximum atomic E-state index is 12.5. The zero-order valence-electron chi connectivity index (χ0n) is 14.2. The molecule has 0 aliphatic carbocycles. The minimum Gasteiger partial charge on any atom is -0.447 e. The molecular formula is C17H22N2O5S. The number of carbonyl (C=O) groups is 2. The number of cyclic esters (lactones) is 1. The lowest BCUT2D eigenvalue weighted by Gasteiger charge is -2.44. The number of carbonyl (C=O) groups excluding carboxylic acids is 2. The lowest BCUT2D eigenvalue weighted by Crippen LogP contribution is -2.62.